The van der Waals surface area contributed by atoms with Crippen LogP contribution in [0.15, 0.2) is 0 Å². The molecule has 4 heteroatoms. The van der Waals surface area contributed by atoms with Crippen LogP contribution in [0.2, 0.25) is 19.6 Å². The van der Waals surface area contributed by atoms with Crippen molar-refractivity contribution in [2.45, 2.75) is 45.8 Å². The number of hydrogen-bond donors (Lipinski definition) is 0. The molecule has 0 aliphatic heterocycles. The van der Waals surface area contributed by atoms with E-state index >= 15 is 0 Å². The topological polar surface area (TPSA) is 27.7 Å². The summed E-state index contributed by atoms with van der Waals surface area (Å²) < 4.78 is 16.5. The van der Waals surface area contributed by atoms with Gasteiger partial charge >= 0.3 is 0 Å². The predicted octanol–water partition coefficient (Wildman–Crippen LogP) is 3.06. The van der Waals surface area contributed by atoms with Crippen LogP contribution in [0.5, 0.6) is 0 Å². The molecule has 0 rings (SSSR count). The maximum Gasteiger partial charge on any atom is 0.183 e. The Morgan fingerprint density at radius 3 is 1.88 bits per heavy atom. The van der Waals surface area contributed by atoms with Crippen LogP contribution in [0.1, 0.15) is 26.2 Å². The van der Waals surface area contributed by atoms with Crippen LogP contribution < -0.4 is 0 Å². The molecule has 0 atom stereocenters. The van der Waals surface area contributed by atoms with Crippen molar-refractivity contribution >= 4 is 8.32 Å². The monoisotopic (exact) mass is 248 g/mol. The lowest BCUT2D eigenvalue weighted by atomic mass is 10.3. The number of unbranched alkanes of at least 4 members (excludes halogenated alkanes) is 2. The van der Waals surface area contributed by atoms with Crippen LogP contribution in [-0.4, -0.2) is 41.4 Å². The lowest BCUT2D eigenvalue weighted by Crippen LogP contribution is -2.27. The van der Waals surface area contributed by atoms with Gasteiger partial charge in [0.1, 0.15) is 0 Å². The molecular weight excluding hydrogens is 220 g/mol. The highest BCUT2D eigenvalue weighted by molar-refractivity contribution is 6.69. The maximum absolute atomic E-state index is 5.66. The van der Waals surface area contributed by atoms with Gasteiger partial charge in [-0.3, -0.25) is 0 Å². The van der Waals surface area contributed by atoms with Gasteiger partial charge in [0.2, 0.25) is 0 Å². The highest BCUT2D eigenvalue weighted by atomic mass is 28.4. The van der Waals surface area contributed by atoms with E-state index in [1.165, 1.54) is 12.8 Å². The fourth-order valence-electron chi connectivity index (χ4n) is 1.18. The minimum atomic E-state index is -1.36. The summed E-state index contributed by atoms with van der Waals surface area (Å²) in [5, 5.41) is 0. The fraction of sp³-hybridized carbons (Fsp3) is 1.00. The molecule has 0 radical (unpaired) electrons. The smallest absolute Gasteiger partial charge is 0.183 e. The fourth-order valence-corrected chi connectivity index (χ4v) is 1.88. The summed E-state index contributed by atoms with van der Waals surface area (Å²) in [6.07, 6.45) is 3.66. The number of ether oxygens (including phenoxy) is 2. The molecule has 0 spiro atoms. The predicted molar refractivity (Wildman–Crippen MR) is 70.5 cm³/mol. The van der Waals surface area contributed by atoms with Gasteiger partial charge in [0.25, 0.3) is 0 Å². The molecule has 0 saturated carbocycles. The zero-order chi connectivity index (χ0) is 12.3. The van der Waals surface area contributed by atoms with Crippen molar-refractivity contribution in [3.63, 3.8) is 0 Å². The molecule has 0 bridgehead atoms. The Balaban J connectivity index is 2.99. The van der Waals surface area contributed by atoms with E-state index in [4.69, 9.17) is 13.9 Å². The summed E-state index contributed by atoms with van der Waals surface area (Å²) in [6, 6.07) is 0. The van der Waals surface area contributed by atoms with Gasteiger partial charge in [-0.25, -0.2) is 0 Å². The van der Waals surface area contributed by atoms with Crippen LogP contribution >= 0.6 is 0 Å². The standard InChI is InChI=1S/C12H28O3Si/c1-5-6-7-8-13-9-10-14-11-12-15-16(2,3)4/h5-12H2,1-4H3. The third-order valence-corrected chi connectivity index (χ3v) is 3.10. The van der Waals surface area contributed by atoms with Crippen molar-refractivity contribution in [3.05, 3.63) is 0 Å². The van der Waals surface area contributed by atoms with Crippen molar-refractivity contribution < 1.29 is 13.9 Å². The molecule has 0 unspecified atom stereocenters. The molecule has 0 saturated heterocycles. The van der Waals surface area contributed by atoms with Gasteiger partial charge in [-0.15, -0.1) is 0 Å². The number of rotatable bonds is 11. The first-order valence-corrected chi connectivity index (χ1v) is 9.76. The van der Waals surface area contributed by atoms with Crippen molar-refractivity contribution in [2.75, 3.05) is 33.0 Å². The number of hydrogen-bond acceptors (Lipinski definition) is 3. The zero-order valence-corrected chi connectivity index (χ0v) is 12.4. The summed E-state index contributed by atoms with van der Waals surface area (Å²) in [5.41, 5.74) is 0. The van der Waals surface area contributed by atoms with Crippen LogP contribution in [0, 0.1) is 0 Å². The first-order chi connectivity index (χ1) is 7.56. The van der Waals surface area contributed by atoms with E-state index in [9.17, 15) is 0 Å². The van der Waals surface area contributed by atoms with E-state index in [1.54, 1.807) is 0 Å². The first kappa shape index (κ1) is 16.1. The molecule has 98 valence electrons. The van der Waals surface area contributed by atoms with Crippen molar-refractivity contribution in [2.24, 2.45) is 0 Å². The second kappa shape index (κ2) is 10.3. The summed E-state index contributed by atoms with van der Waals surface area (Å²) in [6.45, 7) is 12.4. The average Bonchev–Trinajstić information content (AvgIpc) is 2.19. The Hall–Kier alpha value is 0.0969. The van der Waals surface area contributed by atoms with E-state index < -0.39 is 8.32 Å². The van der Waals surface area contributed by atoms with Gasteiger partial charge in [-0.1, -0.05) is 19.8 Å². The Kier molecular flexibility index (Phi) is 10.3. The minimum absolute atomic E-state index is 0.682. The van der Waals surface area contributed by atoms with Crippen LogP contribution in [0.25, 0.3) is 0 Å². The molecule has 0 amide bonds. The molecule has 16 heavy (non-hydrogen) atoms. The zero-order valence-electron chi connectivity index (χ0n) is 11.4. The highest BCUT2D eigenvalue weighted by Gasteiger charge is 2.12. The van der Waals surface area contributed by atoms with E-state index in [2.05, 4.69) is 26.6 Å². The van der Waals surface area contributed by atoms with Crippen molar-refractivity contribution in [1.82, 2.24) is 0 Å². The molecule has 0 aliphatic carbocycles. The molecule has 0 aliphatic rings. The molecule has 0 aromatic rings. The molecule has 0 aromatic carbocycles. The molecule has 0 fully saturated rings. The first-order valence-electron chi connectivity index (χ1n) is 6.35. The summed E-state index contributed by atoms with van der Waals surface area (Å²) in [7, 11) is -1.36. The molecule has 0 N–H and O–H groups in total. The Morgan fingerprint density at radius 1 is 0.750 bits per heavy atom. The van der Waals surface area contributed by atoms with Gasteiger partial charge in [0, 0.05) is 6.61 Å². The van der Waals surface area contributed by atoms with Crippen LogP contribution in [0.4, 0.5) is 0 Å². The average molecular weight is 248 g/mol. The van der Waals surface area contributed by atoms with E-state index in [-0.39, 0.29) is 0 Å². The van der Waals surface area contributed by atoms with Crippen LogP contribution in [-0.2, 0) is 13.9 Å². The van der Waals surface area contributed by atoms with Crippen LogP contribution in [0.3, 0.4) is 0 Å². The summed E-state index contributed by atoms with van der Waals surface area (Å²) in [4.78, 5) is 0. The molecular formula is C12H28O3Si. The summed E-state index contributed by atoms with van der Waals surface area (Å²) in [5.74, 6) is 0. The lowest BCUT2D eigenvalue weighted by Gasteiger charge is -2.16. The molecule has 3 nitrogen and oxygen atoms in total. The van der Waals surface area contributed by atoms with E-state index in [1.807, 2.05) is 0 Å². The Labute approximate surface area is 102 Å². The van der Waals surface area contributed by atoms with Crippen molar-refractivity contribution in [3.8, 4) is 0 Å². The maximum atomic E-state index is 5.66. The van der Waals surface area contributed by atoms with E-state index in [0.717, 1.165) is 13.0 Å². The largest absolute Gasteiger partial charge is 0.415 e. The van der Waals surface area contributed by atoms with Gasteiger partial charge in [-0.05, 0) is 26.1 Å². The minimum Gasteiger partial charge on any atom is -0.415 e. The van der Waals surface area contributed by atoms with Gasteiger partial charge in [0.05, 0.1) is 26.4 Å². The quantitative estimate of drug-likeness (QED) is 0.415. The lowest BCUT2D eigenvalue weighted by molar-refractivity contribution is 0.0344. The molecule has 0 heterocycles. The second-order valence-corrected chi connectivity index (χ2v) is 9.41. The molecule has 0 aromatic heterocycles. The van der Waals surface area contributed by atoms with Gasteiger partial charge in [-0.2, -0.15) is 0 Å². The Bertz CT molecular complexity index is 146. The second-order valence-electron chi connectivity index (χ2n) is 4.89. The Morgan fingerprint density at radius 2 is 1.31 bits per heavy atom. The van der Waals surface area contributed by atoms with E-state index in [0.29, 0.717) is 26.4 Å². The summed E-state index contributed by atoms with van der Waals surface area (Å²) >= 11 is 0. The SMILES string of the molecule is CCCCCOCCOCCO[Si](C)(C)C. The third-order valence-electron chi connectivity index (χ3n) is 2.03. The van der Waals surface area contributed by atoms with Crippen molar-refractivity contribution in [1.29, 1.82) is 0 Å². The normalized spacial score (nSPS) is 12.0. The highest BCUT2D eigenvalue weighted by Crippen LogP contribution is 2.01. The van der Waals surface area contributed by atoms with Gasteiger partial charge < -0.3 is 13.9 Å². The third kappa shape index (κ3) is 14.1. The van der Waals surface area contributed by atoms with Gasteiger partial charge in [0.15, 0.2) is 8.32 Å².